The molecule has 1 aliphatic rings. The molecule has 1 aromatic heterocycles. The first-order chi connectivity index (χ1) is 16.4. The molecule has 34 heavy (non-hydrogen) atoms. The maximum atomic E-state index is 13.0. The lowest BCUT2D eigenvalue weighted by molar-refractivity contribution is 0.314. The number of nitrogens with one attached hydrogen (secondary N) is 1. The number of fused-ring (bicyclic) bond motifs is 1. The molecule has 172 valence electrons. The Morgan fingerprint density at radius 1 is 1.15 bits per heavy atom. The number of aryl methyl sites for hydroxylation is 1. The molecular weight excluding hydrogens is 448 g/mol. The Bertz CT molecular complexity index is 1490. The van der Waals surface area contributed by atoms with E-state index in [-0.39, 0.29) is 17.5 Å². The largest absolute Gasteiger partial charge is 0.438 e. The van der Waals surface area contributed by atoms with Crippen LogP contribution in [0.5, 0.6) is 0 Å². The number of benzene rings is 3. The summed E-state index contributed by atoms with van der Waals surface area (Å²) in [6.45, 7) is 2.88. The van der Waals surface area contributed by atoms with Crippen LogP contribution in [0.2, 0.25) is 0 Å². The van der Waals surface area contributed by atoms with Crippen LogP contribution in [-0.4, -0.2) is 24.8 Å². The third kappa shape index (κ3) is 4.28. The lowest BCUT2D eigenvalue weighted by atomic mass is 10.0. The van der Waals surface area contributed by atoms with Gasteiger partial charge in [-0.3, -0.25) is 4.90 Å². The predicted octanol–water partition coefficient (Wildman–Crippen LogP) is 4.90. The number of sulfonamides is 1. The van der Waals surface area contributed by atoms with Crippen LogP contribution in [0, 0.1) is 18.4 Å². The maximum Gasteiger partial charge on any atom is 0.240 e. The first-order valence-electron chi connectivity index (χ1n) is 11.2. The molecule has 0 spiro atoms. The lowest BCUT2D eigenvalue weighted by Gasteiger charge is -2.13. The monoisotopic (exact) mass is 472 g/mol. The highest BCUT2D eigenvalue weighted by Gasteiger charge is 2.29. The molecule has 0 saturated carbocycles. The molecule has 4 aromatic rings. The van der Waals surface area contributed by atoms with Gasteiger partial charge in [0, 0.05) is 13.1 Å². The molecule has 7 nitrogen and oxygen atoms in total. The maximum absolute atomic E-state index is 13.0. The van der Waals surface area contributed by atoms with Crippen molar-refractivity contribution < 1.29 is 12.8 Å². The van der Waals surface area contributed by atoms with Gasteiger partial charge >= 0.3 is 0 Å². The quantitative estimate of drug-likeness (QED) is 0.401. The fraction of sp³-hybridized carbons (Fsp3) is 0.231. The zero-order chi connectivity index (χ0) is 23.7. The number of likely N-dealkylation sites (tertiary alicyclic amines) is 1. The second kappa shape index (κ2) is 8.93. The van der Waals surface area contributed by atoms with Crippen molar-refractivity contribution in [2.24, 2.45) is 0 Å². The van der Waals surface area contributed by atoms with Crippen molar-refractivity contribution in [3.63, 3.8) is 0 Å². The van der Waals surface area contributed by atoms with Gasteiger partial charge in [0.25, 0.3) is 0 Å². The van der Waals surface area contributed by atoms with E-state index in [0.717, 1.165) is 35.1 Å². The molecule has 0 unspecified atom stereocenters. The number of oxazole rings is 1. The summed E-state index contributed by atoms with van der Waals surface area (Å²) in [5, 5.41) is 9.34. The first kappa shape index (κ1) is 22.1. The highest BCUT2D eigenvalue weighted by Crippen LogP contribution is 2.34. The van der Waals surface area contributed by atoms with Crippen LogP contribution in [0.4, 0.5) is 0 Å². The van der Waals surface area contributed by atoms with Gasteiger partial charge in [-0.25, -0.2) is 18.1 Å². The summed E-state index contributed by atoms with van der Waals surface area (Å²) >= 11 is 0. The predicted molar refractivity (Wildman–Crippen MR) is 129 cm³/mol. The summed E-state index contributed by atoms with van der Waals surface area (Å²) < 4.78 is 34.5. The number of nitriles is 1. The fourth-order valence-electron chi connectivity index (χ4n) is 4.34. The average molecular weight is 473 g/mol. The normalized spacial score (nSPS) is 16.1. The van der Waals surface area contributed by atoms with Crippen LogP contribution in [0.3, 0.4) is 0 Å². The van der Waals surface area contributed by atoms with Crippen molar-refractivity contribution >= 4 is 21.1 Å². The molecule has 1 N–H and O–H groups in total. The molecule has 1 saturated heterocycles. The summed E-state index contributed by atoms with van der Waals surface area (Å²) in [5.74, 6) is 0.546. The van der Waals surface area contributed by atoms with E-state index in [1.54, 1.807) is 17.0 Å². The van der Waals surface area contributed by atoms with Crippen LogP contribution in [0.1, 0.15) is 35.9 Å². The van der Waals surface area contributed by atoms with Gasteiger partial charge in [-0.2, -0.15) is 5.26 Å². The van der Waals surface area contributed by atoms with Crippen molar-refractivity contribution in [3.8, 4) is 17.3 Å². The molecule has 1 aliphatic heterocycles. The van der Waals surface area contributed by atoms with Crippen LogP contribution in [0.15, 0.2) is 76.0 Å². The number of rotatable bonds is 6. The van der Waals surface area contributed by atoms with E-state index in [9.17, 15) is 13.7 Å². The third-order valence-electron chi connectivity index (χ3n) is 6.21. The minimum Gasteiger partial charge on any atom is -0.438 e. The molecule has 8 heteroatoms. The zero-order valence-electron chi connectivity index (χ0n) is 18.7. The van der Waals surface area contributed by atoms with E-state index in [0.29, 0.717) is 23.5 Å². The molecular formula is C26H24N4O3S. The minimum absolute atomic E-state index is 0.133. The molecule has 2 heterocycles. The van der Waals surface area contributed by atoms with Gasteiger partial charge in [0.1, 0.15) is 11.6 Å². The minimum atomic E-state index is -3.68. The van der Waals surface area contributed by atoms with Gasteiger partial charge in [0.15, 0.2) is 11.8 Å². The van der Waals surface area contributed by atoms with E-state index >= 15 is 0 Å². The van der Waals surface area contributed by atoms with Crippen molar-refractivity contribution in [3.05, 3.63) is 83.7 Å². The molecule has 0 aliphatic carbocycles. The molecule has 3 aromatic carbocycles. The van der Waals surface area contributed by atoms with Crippen molar-refractivity contribution in [1.82, 2.24) is 14.6 Å². The lowest BCUT2D eigenvalue weighted by Crippen LogP contribution is -2.23. The van der Waals surface area contributed by atoms with Gasteiger partial charge in [0.2, 0.25) is 15.9 Å². The van der Waals surface area contributed by atoms with Gasteiger partial charge in [-0.1, -0.05) is 42.5 Å². The van der Waals surface area contributed by atoms with Gasteiger partial charge in [0.05, 0.1) is 4.90 Å². The number of hydrogen-bond donors (Lipinski definition) is 1. The number of nitrogens with zero attached hydrogens (tertiary/aromatic N) is 3. The molecule has 1 fully saturated rings. The highest BCUT2D eigenvalue weighted by molar-refractivity contribution is 7.89. The van der Waals surface area contributed by atoms with Gasteiger partial charge in [-0.15, -0.1) is 0 Å². The second-order valence-electron chi connectivity index (χ2n) is 8.47. The Hall–Kier alpha value is -3.67. The number of aromatic nitrogens is 1. The molecule has 0 radical (unpaired) electrons. The zero-order valence-corrected chi connectivity index (χ0v) is 19.5. The van der Waals surface area contributed by atoms with Crippen LogP contribution in [0.25, 0.3) is 22.2 Å². The Morgan fingerprint density at radius 2 is 1.97 bits per heavy atom. The van der Waals surface area contributed by atoms with Crippen LogP contribution < -0.4 is 4.72 Å². The van der Waals surface area contributed by atoms with E-state index in [2.05, 4.69) is 15.9 Å². The summed E-state index contributed by atoms with van der Waals surface area (Å²) in [5.41, 5.74) is 4.85. The van der Waals surface area contributed by atoms with Gasteiger partial charge < -0.3 is 4.42 Å². The summed E-state index contributed by atoms with van der Waals surface area (Å²) in [7, 11) is -3.68. The van der Waals surface area contributed by atoms with Gasteiger partial charge in [-0.05, 0) is 66.3 Å². The SMILES string of the molecule is Cc1ccc(S(=O)(=O)NCc2ccccc2)cc1-c1ccc2oc([C@@H]3CCCN3C#N)nc2c1. The van der Waals surface area contributed by atoms with E-state index in [1.165, 1.54) is 0 Å². The summed E-state index contributed by atoms with van der Waals surface area (Å²) in [4.78, 5) is 6.56. The summed E-state index contributed by atoms with van der Waals surface area (Å²) in [6, 6.07) is 20.1. The van der Waals surface area contributed by atoms with Crippen molar-refractivity contribution in [2.45, 2.75) is 37.2 Å². The van der Waals surface area contributed by atoms with E-state index in [1.807, 2.05) is 61.5 Å². The molecule has 5 rings (SSSR count). The smallest absolute Gasteiger partial charge is 0.240 e. The Labute approximate surface area is 198 Å². The molecule has 1 atom stereocenters. The first-order valence-corrected chi connectivity index (χ1v) is 12.6. The molecule has 0 bridgehead atoms. The van der Waals surface area contributed by atoms with E-state index in [4.69, 9.17) is 4.42 Å². The summed E-state index contributed by atoms with van der Waals surface area (Å²) in [6.07, 6.45) is 3.98. The fourth-order valence-corrected chi connectivity index (χ4v) is 5.38. The van der Waals surface area contributed by atoms with Crippen LogP contribution >= 0.6 is 0 Å². The second-order valence-corrected chi connectivity index (χ2v) is 10.2. The standard InChI is InChI=1S/C26H24N4O3S/c1-18-9-11-21(34(31,32)28-16-19-6-3-2-4-7-19)15-22(18)20-10-12-25-23(14-20)29-26(33-25)24-8-5-13-30(24)17-27/h2-4,6-7,9-12,14-15,24,28H,5,8,13,16H2,1H3/t24-/m0/s1. The topological polar surface area (TPSA) is 99.2 Å². The highest BCUT2D eigenvalue weighted by atomic mass is 32.2. The average Bonchev–Trinajstić information content (AvgIpc) is 3.49. The Balaban J connectivity index is 1.44. The number of hydrogen-bond acceptors (Lipinski definition) is 6. The Kier molecular flexibility index (Phi) is 5.82. The molecule has 0 amide bonds. The van der Waals surface area contributed by atoms with Crippen molar-refractivity contribution in [2.75, 3.05) is 6.54 Å². The van der Waals surface area contributed by atoms with E-state index < -0.39 is 10.0 Å². The third-order valence-corrected chi connectivity index (χ3v) is 7.61. The Morgan fingerprint density at radius 3 is 2.76 bits per heavy atom. The van der Waals surface area contributed by atoms with Crippen molar-refractivity contribution in [1.29, 1.82) is 5.26 Å². The van der Waals surface area contributed by atoms with Crippen LogP contribution in [-0.2, 0) is 16.6 Å².